The summed E-state index contributed by atoms with van der Waals surface area (Å²) < 4.78 is 19.6. The second-order valence-corrected chi connectivity index (χ2v) is 35.2. The molecule has 0 bridgehead atoms. The third kappa shape index (κ3) is 17.7. The van der Waals surface area contributed by atoms with Crippen LogP contribution >= 0.6 is 57.7 Å². The van der Waals surface area contributed by atoms with Gasteiger partial charge >= 0.3 is 17.1 Å². The molecular formula is C92H99Cl4FN20O6S. The van der Waals surface area contributed by atoms with Crippen molar-refractivity contribution in [3.05, 3.63) is 244 Å². The van der Waals surface area contributed by atoms with Crippen molar-refractivity contribution in [2.45, 2.75) is 157 Å². The van der Waals surface area contributed by atoms with E-state index < -0.39 is 22.9 Å². The number of benzene rings is 2. The third-order valence-corrected chi connectivity index (χ3v) is 24.5. The zero-order valence-corrected chi connectivity index (χ0v) is 76.0. The smallest absolute Gasteiger partial charge is 0.349 e. The molecule has 10 aromatic heterocycles. The quantitative estimate of drug-likeness (QED) is 0.0766. The van der Waals surface area contributed by atoms with E-state index in [0.29, 0.717) is 151 Å². The lowest BCUT2D eigenvalue weighted by molar-refractivity contribution is -0.129. The summed E-state index contributed by atoms with van der Waals surface area (Å²) in [5, 5.41) is 7.30. The highest BCUT2D eigenvalue weighted by Crippen LogP contribution is 2.43. The van der Waals surface area contributed by atoms with Gasteiger partial charge in [0, 0.05) is 117 Å². The second-order valence-electron chi connectivity index (χ2n) is 32.8. The van der Waals surface area contributed by atoms with E-state index in [1.54, 1.807) is 84.0 Å². The van der Waals surface area contributed by atoms with Crippen LogP contribution in [0.2, 0.25) is 20.1 Å². The number of pyridine rings is 5. The Morgan fingerprint density at radius 1 is 0.476 bits per heavy atom. The summed E-state index contributed by atoms with van der Waals surface area (Å²) >= 11 is 28.7. The minimum Gasteiger partial charge on any atom is -0.349 e. The molecule has 3 fully saturated rings. The molecule has 0 aliphatic carbocycles. The molecule has 0 N–H and O–H groups in total. The van der Waals surface area contributed by atoms with Crippen molar-refractivity contribution in [2.75, 3.05) is 68.1 Å². The van der Waals surface area contributed by atoms with Gasteiger partial charge in [-0.25, -0.2) is 57.4 Å². The number of amides is 3. The van der Waals surface area contributed by atoms with Gasteiger partial charge in [0.05, 0.1) is 93.2 Å². The predicted octanol–water partition coefficient (Wildman–Crippen LogP) is 16.6. The first kappa shape index (κ1) is 90.2. The van der Waals surface area contributed by atoms with Crippen molar-refractivity contribution < 1.29 is 18.8 Å². The number of hydrogen-bond donors (Lipinski definition) is 0. The Kier molecular flexibility index (Phi) is 27.3. The zero-order valence-electron chi connectivity index (χ0n) is 72.2. The van der Waals surface area contributed by atoms with Gasteiger partial charge in [0.2, 0.25) is 17.7 Å². The molecule has 3 amide bonds. The Morgan fingerprint density at radius 3 is 1.23 bits per heavy atom. The summed E-state index contributed by atoms with van der Waals surface area (Å²) in [6.07, 6.45) is 8.98. The molecule has 12 aromatic rings. The highest BCUT2D eigenvalue weighted by Gasteiger charge is 2.39. The number of halogens is 5. The number of aryl methyl sites for hydroxylation is 2. The van der Waals surface area contributed by atoms with E-state index in [-0.39, 0.29) is 93.7 Å². The lowest BCUT2D eigenvalue weighted by Gasteiger charge is -2.44. The molecule has 124 heavy (non-hydrogen) atoms. The van der Waals surface area contributed by atoms with Crippen LogP contribution in [0, 0.1) is 19.7 Å². The number of fused-ring (bicyclic) bond motifs is 3. The molecule has 3 saturated heterocycles. The van der Waals surface area contributed by atoms with E-state index in [2.05, 4.69) is 78.3 Å². The molecule has 15 rings (SSSR count). The summed E-state index contributed by atoms with van der Waals surface area (Å²) in [5.41, 5.74) is 9.07. The van der Waals surface area contributed by atoms with Gasteiger partial charge in [-0.15, -0.1) is 0 Å². The van der Waals surface area contributed by atoms with Gasteiger partial charge in [0.1, 0.15) is 29.6 Å². The van der Waals surface area contributed by atoms with Crippen LogP contribution in [-0.2, 0) is 20.9 Å². The van der Waals surface area contributed by atoms with Gasteiger partial charge in [-0.1, -0.05) is 138 Å². The number of anilines is 3. The van der Waals surface area contributed by atoms with Crippen LogP contribution < -0.4 is 31.8 Å². The first-order valence-corrected chi connectivity index (χ1v) is 43.4. The van der Waals surface area contributed by atoms with Crippen molar-refractivity contribution in [3.8, 4) is 50.8 Å². The summed E-state index contributed by atoms with van der Waals surface area (Å²) in [5.74, 6) is 0.529. The molecule has 13 heterocycles. The average molecular weight is 1770 g/mol. The van der Waals surface area contributed by atoms with Crippen LogP contribution in [0.5, 0.6) is 0 Å². The molecule has 644 valence electrons. The predicted molar refractivity (Wildman–Crippen MR) is 494 cm³/mol. The highest BCUT2D eigenvalue weighted by molar-refractivity contribution is 7.08. The molecule has 6 atom stereocenters. The van der Waals surface area contributed by atoms with Crippen LogP contribution in [0.3, 0.4) is 0 Å². The maximum Gasteiger partial charge on any atom is 0.355 e. The van der Waals surface area contributed by atoms with Crippen LogP contribution in [0.25, 0.3) is 83.9 Å². The minimum atomic E-state index is -0.581. The van der Waals surface area contributed by atoms with Gasteiger partial charge < -0.3 is 34.3 Å². The summed E-state index contributed by atoms with van der Waals surface area (Å²) in [6.45, 7) is 42.0. The lowest BCUT2D eigenvalue weighted by Crippen LogP contribution is -2.58. The number of carbonyl (C=O) groups excluding carboxylic acids is 3. The zero-order chi connectivity index (χ0) is 89.5. The first-order chi connectivity index (χ1) is 59.1. The maximum absolute atomic E-state index is 15.1. The molecule has 26 nitrogen and oxygen atoms in total. The minimum absolute atomic E-state index is 0.0400. The molecule has 32 heteroatoms. The Morgan fingerprint density at radius 2 is 0.847 bits per heavy atom. The van der Waals surface area contributed by atoms with E-state index in [0.717, 1.165) is 28.1 Å². The van der Waals surface area contributed by atoms with Gasteiger partial charge in [0.15, 0.2) is 16.9 Å². The Labute approximate surface area is 743 Å². The lowest BCUT2D eigenvalue weighted by atomic mass is 10.0. The summed E-state index contributed by atoms with van der Waals surface area (Å²) in [4.78, 5) is 140. The summed E-state index contributed by atoms with van der Waals surface area (Å²) in [6, 6.07) is 23.8. The second kappa shape index (κ2) is 37.5. The van der Waals surface area contributed by atoms with Crippen molar-refractivity contribution in [2.24, 2.45) is 0 Å². The Balaban J connectivity index is 0.000000160. The fourth-order valence-corrected chi connectivity index (χ4v) is 18.1. The van der Waals surface area contributed by atoms with Gasteiger partial charge in [-0.2, -0.15) is 26.3 Å². The van der Waals surface area contributed by atoms with E-state index in [1.807, 2.05) is 160 Å². The molecule has 0 spiro atoms. The van der Waals surface area contributed by atoms with Crippen molar-refractivity contribution in [1.29, 1.82) is 0 Å². The molecular weight excluding hydrogens is 1670 g/mol. The van der Waals surface area contributed by atoms with E-state index in [1.165, 1.54) is 35.2 Å². The number of nitrogens with zero attached hydrogens (tertiary/aromatic N) is 20. The summed E-state index contributed by atoms with van der Waals surface area (Å²) in [7, 11) is 3.83. The monoisotopic (exact) mass is 1770 g/mol. The van der Waals surface area contributed by atoms with Gasteiger partial charge in [-0.05, 0) is 177 Å². The van der Waals surface area contributed by atoms with E-state index in [4.69, 9.17) is 61.4 Å². The number of carbonyl (C=O) groups is 3. The topological polar surface area (TPSA) is 269 Å². The van der Waals surface area contributed by atoms with Crippen LogP contribution in [0.1, 0.15) is 135 Å². The van der Waals surface area contributed by atoms with Crippen molar-refractivity contribution >= 4 is 126 Å². The van der Waals surface area contributed by atoms with E-state index >= 15 is 4.39 Å². The molecule has 6 unspecified atom stereocenters. The van der Waals surface area contributed by atoms with Gasteiger partial charge in [-0.3, -0.25) is 24.4 Å². The van der Waals surface area contributed by atoms with Crippen molar-refractivity contribution in [1.82, 2.24) is 83.1 Å². The fourth-order valence-electron chi connectivity index (χ4n) is 16.5. The SMILES string of the molecule is C=CC(=O)N1CC(C)N(c2nc(=O)n(-c3c(C)ccnc3C(C)C)c3nc(-c4ccccc4Cl)c(Cl)cc23)CC1C.C=CC(=O)N1CC(C)N(c2nc(=O)n(-c3c(C)ccnc3C(C)C)c3nc(-c4ccsc4)c(Cl)cc23)CC1C.C=CC(=O)N1CC(C)N(c2nc(=O)n(-c3c(CN(C)C)ncnc3C(C)C)c3nc(-c4ccccc4F)c(Cl)cc23)CC1C. The molecule has 2 aromatic carbocycles. The highest BCUT2D eigenvalue weighted by atomic mass is 35.5. The van der Waals surface area contributed by atoms with Gasteiger partial charge in [0.25, 0.3) is 0 Å². The maximum atomic E-state index is 15.1. The number of thiophene rings is 1. The number of rotatable bonds is 17. The normalized spacial score (nSPS) is 17.4. The molecule has 3 aliphatic rings. The number of aromatic nitrogens is 13. The average Bonchev–Trinajstić information content (AvgIpc) is 0.850. The van der Waals surface area contributed by atoms with Crippen molar-refractivity contribution in [3.63, 3.8) is 0 Å². The molecule has 0 radical (unpaired) electrons. The standard InChI is InChI=1S/C32H36ClFN8O2.C31H32Cl2N6O2.C29H31ClN6O2S/c1-8-26(43)40-14-20(5)41(15-19(40)4)30-22-13-23(33)28(21-11-9-10-12-24(21)34)37-31(22)42(32(44)38-30)29-25(16-39(6)7)35-17-36-27(29)18(2)3;1-7-25(40)37-15-20(6)38(16-19(37)5)29-22-14-24(33)27(21-10-8-9-11-23(21)32)35-30(22)39(31(41)36-29)28-18(4)12-13-34-26(28)17(2)3;1-7-23(37)34-13-19(6)35(14-18(34)5)27-21-12-22(30)25(20-9-11-39-15-20)32-28(21)36(29(38)33-27)26-17(4)8-10-31-24(26)16(2)3/h8-13,17-20H,1,14-16H2,2-7H3;7-14,17,19-20H,1,15-16H2,2-6H3;7-12,15-16,18-19H,1,13-14H2,2-6H3. The molecule has 0 saturated carbocycles. The number of hydrogen-bond acceptors (Lipinski definition) is 21. The van der Waals surface area contributed by atoms with Crippen LogP contribution in [0.4, 0.5) is 21.8 Å². The number of piperazine rings is 3. The van der Waals surface area contributed by atoms with Crippen LogP contribution in [0.15, 0.2) is 167 Å². The van der Waals surface area contributed by atoms with E-state index in [9.17, 15) is 28.8 Å². The molecule has 3 aliphatic heterocycles. The first-order valence-electron chi connectivity index (χ1n) is 41.0. The Bertz CT molecular complexity index is 6380. The Hall–Kier alpha value is -11.5. The fraction of sp³-hybridized carbons (Fsp3) is 0.348. The largest absolute Gasteiger partial charge is 0.355 e. The van der Waals surface area contributed by atoms with Crippen LogP contribution in [-0.4, -0.2) is 190 Å². The third-order valence-electron chi connectivity index (χ3n) is 22.6.